The molecule has 2 saturated heterocycles. The molecule has 1 aromatic rings. The van der Waals surface area contributed by atoms with Crippen molar-refractivity contribution in [2.24, 2.45) is 11.8 Å². The standard InChI is InChI=1S/C13H17FN2O2S.ClH/c1-9-2-12(14)4-13(3-9)19(17,18)16-7-10-5-15-6-11(10)8-16;/h2-4,10-11,15H,5-8H2,1H3;1H/t10-,11+;. The smallest absolute Gasteiger partial charge is 0.243 e. The zero-order chi connectivity index (χ0) is 13.6. The van der Waals surface area contributed by atoms with Gasteiger partial charge in [0.25, 0.3) is 0 Å². The number of hydrogen-bond acceptors (Lipinski definition) is 3. The monoisotopic (exact) mass is 320 g/mol. The highest BCUT2D eigenvalue weighted by atomic mass is 35.5. The molecule has 2 fully saturated rings. The van der Waals surface area contributed by atoms with E-state index in [2.05, 4.69) is 5.32 Å². The summed E-state index contributed by atoms with van der Waals surface area (Å²) in [4.78, 5) is 0.0675. The maximum absolute atomic E-state index is 13.4. The average molecular weight is 321 g/mol. The Balaban J connectivity index is 0.00000147. The zero-order valence-electron chi connectivity index (χ0n) is 11.2. The minimum atomic E-state index is -3.56. The van der Waals surface area contributed by atoms with E-state index in [1.165, 1.54) is 16.4 Å². The molecule has 0 spiro atoms. The summed E-state index contributed by atoms with van der Waals surface area (Å²) in [5.41, 5.74) is 0.625. The highest BCUT2D eigenvalue weighted by Crippen LogP contribution is 2.31. The van der Waals surface area contributed by atoms with Crippen LogP contribution in [0, 0.1) is 24.6 Å². The molecule has 0 bridgehead atoms. The molecule has 0 aromatic heterocycles. The number of hydrogen-bond donors (Lipinski definition) is 1. The summed E-state index contributed by atoms with van der Waals surface area (Å²) < 4.78 is 39.9. The number of fused-ring (bicyclic) bond motifs is 1. The quantitative estimate of drug-likeness (QED) is 0.896. The third-order valence-corrected chi connectivity index (χ3v) is 5.82. The average Bonchev–Trinajstić information content (AvgIpc) is 2.87. The van der Waals surface area contributed by atoms with Crippen molar-refractivity contribution in [3.8, 4) is 0 Å². The van der Waals surface area contributed by atoms with Crippen molar-refractivity contribution in [2.75, 3.05) is 26.2 Å². The van der Waals surface area contributed by atoms with Gasteiger partial charge in [-0.15, -0.1) is 12.4 Å². The normalized spacial score (nSPS) is 26.3. The Morgan fingerprint density at radius 1 is 1.20 bits per heavy atom. The predicted molar refractivity (Wildman–Crippen MR) is 77.0 cm³/mol. The van der Waals surface area contributed by atoms with E-state index in [1.54, 1.807) is 6.92 Å². The van der Waals surface area contributed by atoms with E-state index < -0.39 is 15.8 Å². The number of rotatable bonds is 2. The van der Waals surface area contributed by atoms with E-state index in [0.717, 1.165) is 19.2 Å². The first kappa shape index (κ1) is 15.7. The van der Waals surface area contributed by atoms with Gasteiger partial charge in [0.15, 0.2) is 0 Å². The van der Waals surface area contributed by atoms with Gasteiger partial charge < -0.3 is 5.32 Å². The van der Waals surface area contributed by atoms with Crippen molar-refractivity contribution < 1.29 is 12.8 Å². The second-order valence-corrected chi connectivity index (χ2v) is 7.40. The van der Waals surface area contributed by atoms with Gasteiger partial charge >= 0.3 is 0 Å². The minimum Gasteiger partial charge on any atom is -0.316 e. The summed E-state index contributed by atoms with van der Waals surface area (Å²) >= 11 is 0. The van der Waals surface area contributed by atoms with Crippen LogP contribution in [-0.2, 0) is 10.0 Å². The maximum Gasteiger partial charge on any atom is 0.243 e. The lowest BCUT2D eigenvalue weighted by molar-refractivity contribution is 0.447. The molecule has 3 rings (SSSR count). The van der Waals surface area contributed by atoms with Crippen LogP contribution in [0.15, 0.2) is 23.1 Å². The third kappa shape index (κ3) is 2.70. The third-order valence-electron chi connectivity index (χ3n) is 4.01. The van der Waals surface area contributed by atoms with Gasteiger partial charge in [0.05, 0.1) is 4.90 Å². The predicted octanol–water partition coefficient (Wildman–Crippen LogP) is 1.40. The Bertz CT molecular complexity index is 576. The molecular formula is C13H18ClFN2O2S. The SMILES string of the molecule is Cc1cc(F)cc(S(=O)(=O)N2C[C@H]3CNC[C@H]3C2)c1.Cl. The molecule has 1 aromatic carbocycles. The van der Waals surface area contributed by atoms with Crippen molar-refractivity contribution in [3.63, 3.8) is 0 Å². The van der Waals surface area contributed by atoms with Gasteiger partial charge in [-0.05, 0) is 55.6 Å². The first-order chi connectivity index (χ1) is 8.96. The van der Waals surface area contributed by atoms with Crippen LogP contribution < -0.4 is 5.32 Å². The molecule has 0 amide bonds. The lowest BCUT2D eigenvalue weighted by Crippen LogP contribution is -2.32. The van der Waals surface area contributed by atoms with Crippen LogP contribution in [0.4, 0.5) is 4.39 Å². The highest BCUT2D eigenvalue weighted by molar-refractivity contribution is 7.89. The van der Waals surface area contributed by atoms with Gasteiger partial charge in [-0.2, -0.15) is 4.31 Å². The zero-order valence-corrected chi connectivity index (χ0v) is 12.8. The molecule has 2 aliphatic rings. The van der Waals surface area contributed by atoms with Gasteiger partial charge in [-0.3, -0.25) is 0 Å². The molecule has 2 atom stereocenters. The molecule has 0 saturated carbocycles. The lowest BCUT2D eigenvalue weighted by atomic mass is 10.0. The molecule has 20 heavy (non-hydrogen) atoms. The molecule has 112 valence electrons. The van der Waals surface area contributed by atoms with Crippen LogP contribution in [0.25, 0.3) is 0 Å². The first-order valence-corrected chi connectivity index (χ1v) is 7.89. The highest BCUT2D eigenvalue weighted by Gasteiger charge is 2.41. The summed E-state index contributed by atoms with van der Waals surface area (Å²) in [6, 6.07) is 3.97. The van der Waals surface area contributed by atoms with Gasteiger partial charge in [-0.1, -0.05) is 0 Å². The second-order valence-electron chi connectivity index (χ2n) is 5.46. The van der Waals surface area contributed by atoms with E-state index in [1.807, 2.05) is 0 Å². The molecule has 0 aliphatic carbocycles. The van der Waals surface area contributed by atoms with Crippen LogP contribution in [0.3, 0.4) is 0 Å². The second kappa shape index (κ2) is 5.60. The van der Waals surface area contributed by atoms with Gasteiger partial charge in [0, 0.05) is 13.1 Å². The number of benzene rings is 1. The van der Waals surface area contributed by atoms with Gasteiger partial charge in [0.1, 0.15) is 5.82 Å². The molecule has 7 heteroatoms. The van der Waals surface area contributed by atoms with Crippen molar-refractivity contribution in [1.82, 2.24) is 9.62 Å². The summed E-state index contributed by atoms with van der Waals surface area (Å²) in [6.07, 6.45) is 0. The lowest BCUT2D eigenvalue weighted by Gasteiger charge is -2.17. The van der Waals surface area contributed by atoms with Crippen LogP contribution in [0.1, 0.15) is 5.56 Å². The molecule has 0 radical (unpaired) electrons. The van der Waals surface area contributed by atoms with Gasteiger partial charge in [0.2, 0.25) is 10.0 Å². The fourth-order valence-electron chi connectivity index (χ4n) is 3.01. The van der Waals surface area contributed by atoms with Crippen molar-refractivity contribution in [2.45, 2.75) is 11.8 Å². The van der Waals surface area contributed by atoms with E-state index in [0.29, 0.717) is 30.5 Å². The summed E-state index contributed by atoms with van der Waals surface area (Å²) in [5.74, 6) is 0.286. The minimum absolute atomic E-state index is 0. The Kier molecular flexibility index (Phi) is 4.39. The molecule has 1 N–H and O–H groups in total. The number of sulfonamides is 1. The fraction of sp³-hybridized carbons (Fsp3) is 0.538. The summed E-state index contributed by atoms with van der Waals surface area (Å²) in [6.45, 7) is 4.52. The molecule has 2 aliphatic heterocycles. The summed E-state index contributed by atoms with van der Waals surface area (Å²) in [5, 5.41) is 3.27. The largest absolute Gasteiger partial charge is 0.316 e. The number of nitrogens with one attached hydrogen (secondary N) is 1. The fourth-order valence-corrected chi connectivity index (χ4v) is 4.68. The topological polar surface area (TPSA) is 49.4 Å². The van der Waals surface area contributed by atoms with Crippen LogP contribution in [0.5, 0.6) is 0 Å². The van der Waals surface area contributed by atoms with Crippen molar-refractivity contribution in [3.05, 3.63) is 29.6 Å². The Morgan fingerprint density at radius 3 is 2.35 bits per heavy atom. The van der Waals surface area contributed by atoms with E-state index in [9.17, 15) is 12.8 Å². The van der Waals surface area contributed by atoms with E-state index >= 15 is 0 Å². The summed E-state index contributed by atoms with van der Waals surface area (Å²) in [7, 11) is -3.56. The molecule has 4 nitrogen and oxygen atoms in total. The Hall–Kier alpha value is -0.690. The first-order valence-electron chi connectivity index (χ1n) is 6.45. The van der Waals surface area contributed by atoms with E-state index in [-0.39, 0.29) is 17.3 Å². The molecule has 2 heterocycles. The maximum atomic E-state index is 13.4. The number of nitrogens with zero attached hydrogens (tertiary/aromatic N) is 1. The molecular weight excluding hydrogens is 303 g/mol. The van der Waals surface area contributed by atoms with Crippen molar-refractivity contribution in [1.29, 1.82) is 0 Å². The number of halogens is 2. The Morgan fingerprint density at radius 2 is 1.80 bits per heavy atom. The van der Waals surface area contributed by atoms with Crippen LogP contribution >= 0.6 is 12.4 Å². The van der Waals surface area contributed by atoms with Crippen molar-refractivity contribution >= 4 is 22.4 Å². The van der Waals surface area contributed by atoms with Crippen LogP contribution in [-0.4, -0.2) is 38.9 Å². The Labute approximate surface area is 124 Å². The van der Waals surface area contributed by atoms with E-state index in [4.69, 9.17) is 0 Å². The molecule has 0 unspecified atom stereocenters. The van der Waals surface area contributed by atoms with Crippen LogP contribution in [0.2, 0.25) is 0 Å². The number of aryl methyl sites for hydroxylation is 1. The van der Waals surface area contributed by atoms with Gasteiger partial charge in [-0.25, -0.2) is 12.8 Å².